The Labute approximate surface area is 166 Å². The number of hydrogen-bond acceptors (Lipinski definition) is 1. The average Bonchev–Trinajstić information content (AvgIpc) is 2.63. The van der Waals surface area contributed by atoms with E-state index in [2.05, 4.69) is 51.7 Å². The lowest BCUT2D eigenvalue weighted by molar-refractivity contribution is 0.631. The van der Waals surface area contributed by atoms with Gasteiger partial charge < -0.3 is 10.6 Å². The summed E-state index contributed by atoms with van der Waals surface area (Å²) in [5.74, 6) is -0.365. The highest BCUT2D eigenvalue weighted by atomic mass is 79.9. The van der Waals surface area contributed by atoms with Gasteiger partial charge in [0, 0.05) is 4.47 Å². The van der Waals surface area contributed by atoms with Gasteiger partial charge in [-0.2, -0.15) is 0 Å². The number of hydrogen-bond donors (Lipinski definition) is 2. The molecule has 0 aromatic heterocycles. The Kier molecular flexibility index (Phi) is 6.01. The second-order valence-electron chi connectivity index (χ2n) is 5.98. The number of nitrogens with one attached hydrogen (secondary N) is 2. The van der Waals surface area contributed by atoms with Gasteiger partial charge >= 0.3 is 0 Å². The molecule has 3 rings (SSSR count). The van der Waals surface area contributed by atoms with Crippen molar-refractivity contribution in [2.24, 2.45) is 0 Å². The fraction of sp³-hybridized carbons (Fsp3) is 0.0952. The topological polar surface area (TPSA) is 24.1 Å². The van der Waals surface area contributed by atoms with Crippen LogP contribution in [-0.4, -0.2) is 5.11 Å². The van der Waals surface area contributed by atoms with Crippen LogP contribution in [-0.2, 0) is 0 Å². The maximum atomic E-state index is 14.1. The summed E-state index contributed by atoms with van der Waals surface area (Å²) in [6, 6.07) is 23.0. The molecule has 0 aliphatic heterocycles. The highest BCUT2D eigenvalue weighted by Gasteiger charge is 2.16. The van der Waals surface area contributed by atoms with Gasteiger partial charge in [0.2, 0.25) is 0 Å². The maximum absolute atomic E-state index is 14.1. The average molecular weight is 429 g/mol. The monoisotopic (exact) mass is 428 g/mol. The Morgan fingerprint density at radius 1 is 0.962 bits per heavy atom. The SMILES string of the molecule is Cc1cccc([C@H](NC(=S)Nc2ccc(Br)cc2F)c2ccccc2)c1. The van der Waals surface area contributed by atoms with Gasteiger partial charge in [-0.15, -0.1) is 0 Å². The van der Waals surface area contributed by atoms with Crippen LogP contribution in [0.25, 0.3) is 0 Å². The van der Waals surface area contributed by atoms with Crippen LogP contribution in [0.3, 0.4) is 0 Å². The van der Waals surface area contributed by atoms with E-state index in [1.807, 2.05) is 36.4 Å². The summed E-state index contributed by atoms with van der Waals surface area (Å²) in [5, 5.41) is 6.62. The van der Waals surface area contributed by atoms with Crippen LogP contribution < -0.4 is 10.6 Å². The van der Waals surface area contributed by atoms with Gasteiger partial charge in [-0.1, -0.05) is 76.1 Å². The number of rotatable bonds is 4. The Balaban J connectivity index is 1.85. The number of anilines is 1. The van der Waals surface area contributed by atoms with E-state index in [1.165, 1.54) is 11.6 Å². The van der Waals surface area contributed by atoms with Gasteiger partial charge in [0.25, 0.3) is 0 Å². The van der Waals surface area contributed by atoms with Crippen LogP contribution in [0.4, 0.5) is 10.1 Å². The van der Waals surface area contributed by atoms with Crippen molar-refractivity contribution in [2.75, 3.05) is 5.32 Å². The molecule has 2 N–H and O–H groups in total. The molecular weight excluding hydrogens is 411 g/mol. The normalized spacial score (nSPS) is 11.7. The third kappa shape index (κ3) is 4.68. The summed E-state index contributed by atoms with van der Waals surface area (Å²) in [6.45, 7) is 2.05. The summed E-state index contributed by atoms with van der Waals surface area (Å²) in [7, 11) is 0. The minimum atomic E-state index is -0.365. The minimum absolute atomic E-state index is 0.130. The molecule has 3 aromatic rings. The molecule has 26 heavy (non-hydrogen) atoms. The van der Waals surface area contributed by atoms with Crippen LogP contribution in [0, 0.1) is 12.7 Å². The third-order valence-electron chi connectivity index (χ3n) is 3.96. The van der Waals surface area contributed by atoms with Crippen LogP contribution in [0.5, 0.6) is 0 Å². The first-order chi connectivity index (χ1) is 12.5. The Morgan fingerprint density at radius 3 is 2.38 bits per heavy atom. The van der Waals surface area contributed by atoms with Crippen LogP contribution in [0.1, 0.15) is 22.7 Å². The van der Waals surface area contributed by atoms with Crippen molar-refractivity contribution < 1.29 is 4.39 Å². The van der Waals surface area contributed by atoms with Gasteiger partial charge in [0.15, 0.2) is 5.11 Å². The van der Waals surface area contributed by atoms with E-state index < -0.39 is 0 Å². The van der Waals surface area contributed by atoms with E-state index in [4.69, 9.17) is 12.2 Å². The van der Waals surface area contributed by atoms with Crippen LogP contribution in [0.15, 0.2) is 77.3 Å². The zero-order valence-corrected chi connectivity index (χ0v) is 16.6. The van der Waals surface area contributed by atoms with Gasteiger partial charge in [-0.05, 0) is 48.5 Å². The van der Waals surface area contributed by atoms with Gasteiger partial charge in [0.05, 0.1) is 11.7 Å². The lowest BCUT2D eigenvalue weighted by atomic mass is 9.97. The number of halogens is 2. The fourth-order valence-corrected chi connectivity index (χ4v) is 3.30. The Bertz CT molecular complexity index is 915. The lowest BCUT2D eigenvalue weighted by Gasteiger charge is -2.22. The molecule has 0 fully saturated rings. The summed E-state index contributed by atoms with van der Waals surface area (Å²) in [4.78, 5) is 0. The van der Waals surface area contributed by atoms with Crippen molar-refractivity contribution in [1.29, 1.82) is 0 Å². The zero-order chi connectivity index (χ0) is 18.5. The predicted molar refractivity (Wildman–Crippen MR) is 113 cm³/mol. The molecule has 3 aromatic carbocycles. The van der Waals surface area contributed by atoms with Gasteiger partial charge in [0.1, 0.15) is 5.82 Å². The lowest BCUT2D eigenvalue weighted by Crippen LogP contribution is -2.33. The fourth-order valence-electron chi connectivity index (χ4n) is 2.73. The predicted octanol–water partition coefficient (Wildman–Crippen LogP) is 5.97. The summed E-state index contributed by atoms with van der Waals surface area (Å²) in [6.07, 6.45) is 0. The van der Waals surface area contributed by atoms with Crippen molar-refractivity contribution in [3.63, 3.8) is 0 Å². The van der Waals surface area contributed by atoms with E-state index in [9.17, 15) is 4.39 Å². The largest absolute Gasteiger partial charge is 0.352 e. The van der Waals surface area contributed by atoms with E-state index in [0.29, 0.717) is 15.3 Å². The van der Waals surface area contributed by atoms with Crippen molar-refractivity contribution in [2.45, 2.75) is 13.0 Å². The molecule has 0 unspecified atom stereocenters. The smallest absolute Gasteiger partial charge is 0.171 e. The van der Waals surface area contributed by atoms with Gasteiger partial charge in [-0.3, -0.25) is 0 Å². The van der Waals surface area contributed by atoms with E-state index in [-0.39, 0.29) is 11.9 Å². The molecule has 0 aliphatic carbocycles. The molecule has 0 heterocycles. The van der Waals surface area contributed by atoms with Crippen molar-refractivity contribution in [3.05, 3.63) is 99.8 Å². The Hall–Kier alpha value is -2.24. The summed E-state index contributed by atoms with van der Waals surface area (Å²) < 4.78 is 14.7. The van der Waals surface area contributed by atoms with E-state index in [1.54, 1.807) is 12.1 Å². The van der Waals surface area contributed by atoms with E-state index in [0.717, 1.165) is 11.1 Å². The molecule has 132 valence electrons. The molecular formula is C21H18BrFN2S. The molecule has 1 atom stereocenters. The first-order valence-electron chi connectivity index (χ1n) is 8.17. The van der Waals surface area contributed by atoms with Gasteiger partial charge in [-0.25, -0.2) is 4.39 Å². The zero-order valence-electron chi connectivity index (χ0n) is 14.2. The van der Waals surface area contributed by atoms with E-state index >= 15 is 0 Å². The molecule has 0 saturated heterocycles. The highest BCUT2D eigenvalue weighted by Crippen LogP contribution is 2.24. The number of aryl methyl sites for hydroxylation is 1. The van der Waals surface area contributed by atoms with Crippen molar-refractivity contribution in [3.8, 4) is 0 Å². The molecule has 2 nitrogen and oxygen atoms in total. The second kappa shape index (κ2) is 8.43. The molecule has 0 bridgehead atoms. The third-order valence-corrected chi connectivity index (χ3v) is 4.68. The first kappa shape index (κ1) is 18.5. The molecule has 0 aliphatic rings. The van der Waals surface area contributed by atoms with Crippen LogP contribution in [0.2, 0.25) is 0 Å². The maximum Gasteiger partial charge on any atom is 0.171 e. The molecule has 0 radical (unpaired) electrons. The van der Waals surface area contributed by atoms with Crippen molar-refractivity contribution >= 4 is 38.9 Å². The second-order valence-corrected chi connectivity index (χ2v) is 7.30. The highest BCUT2D eigenvalue weighted by molar-refractivity contribution is 9.10. The summed E-state index contributed by atoms with van der Waals surface area (Å²) >= 11 is 8.69. The minimum Gasteiger partial charge on any atom is -0.352 e. The number of thiocarbonyl (C=S) groups is 1. The first-order valence-corrected chi connectivity index (χ1v) is 9.37. The standard InChI is InChI=1S/C21H18BrFN2S/c1-14-6-5-9-16(12-14)20(15-7-3-2-4-8-15)25-21(26)24-19-11-10-17(22)13-18(19)23/h2-13,20H,1H3,(H2,24,25,26)/t20-/m1/s1. The molecule has 5 heteroatoms. The Morgan fingerprint density at radius 2 is 1.69 bits per heavy atom. The quantitative estimate of drug-likeness (QED) is 0.500. The van der Waals surface area contributed by atoms with Crippen LogP contribution >= 0.6 is 28.1 Å². The molecule has 0 spiro atoms. The van der Waals surface area contributed by atoms with Crippen molar-refractivity contribution in [1.82, 2.24) is 5.32 Å². The molecule has 0 saturated carbocycles. The molecule has 0 amide bonds. The summed E-state index contributed by atoms with van der Waals surface area (Å²) in [5.41, 5.74) is 3.68. The number of benzene rings is 3.